The smallest absolute Gasteiger partial charge is 0.337 e. The van der Waals surface area contributed by atoms with Gasteiger partial charge in [-0.15, -0.1) is 0 Å². The number of carboxylic acids is 1. The van der Waals surface area contributed by atoms with E-state index in [9.17, 15) is 14.7 Å². The predicted molar refractivity (Wildman–Crippen MR) is 59.1 cm³/mol. The number of amides is 2. The zero-order chi connectivity index (χ0) is 12.8. The van der Waals surface area contributed by atoms with Gasteiger partial charge in [-0.2, -0.15) is 0 Å². The molecule has 0 fully saturated rings. The van der Waals surface area contributed by atoms with E-state index >= 15 is 0 Å². The van der Waals surface area contributed by atoms with Crippen molar-refractivity contribution in [2.24, 2.45) is 5.92 Å². The van der Waals surface area contributed by atoms with Gasteiger partial charge in [0.1, 0.15) is 0 Å². The number of carbonyl (C=O) groups excluding carboxylic acids is 1. The summed E-state index contributed by atoms with van der Waals surface area (Å²) in [5, 5.41) is 22.8. The van der Waals surface area contributed by atoms with Crippen molar-refractivity contribution in [3.05, 3.63) is 0 Å². The highest BCUT2D eigenvalue weighted by Crippen LogP contribution is 2.00. The van der Waals surface area contributed by atoms with Crippen LogP contribution in [0, 0.1) is 5.92 Å². The van der Waals surface area contributed by atoms with Gasteiger partial charge in [-0.05, 0) is 12.8 Å². The molecule has 94 valence electrons. The summed E-state index contributed by atoms with van der Waals surface area (Å²) in [6, 6.07) is -0.471. The fourth-order valence-corrected chi connectivity index (χ4v) is 0.802. The lowest BCUT2D eigenvalue weighted by molar-refractivity contribution is -0.155. The first-order valence-corrected chi connectivity index (χ1v) is 5.27. The molecule has 0 aliphatic carbocycles. The lowest BCUT2D eigenvalue weighted by Crippen LogP contribution is -2.49. The zero-order valence-corrected chi connectivity index (χ0v) is 9.91. The molecule has 0 heterocycles. The molecule has 0 saturated carbocycles. The van der Waals surface area contributed by atoms with E-state index in [4.69, 9.17) is 5.11 Å². The fourth-order valence-electron chi connectivity index (χ4n) is 0.802. The van der Waals surface area contributed by atoms with Crippen LogP contribution in [0.5, 0.6) is 0 Å². The summed E-state index contributed by atoms with van der Waals surface area (Å²) in [6.07, 6.45) is 0.952. The maximum atomic E-state index is 11.2. The summed E-state index contributed by atoms with van der Waals surface area (Å²) in [7, 11) is 0. The Hall–Kier alpha value is -1.30. The quantitative estimate of drug-likeness (QED) is 0.524. The molecule has 4 N–H and O–H groups in total. The SMILES string of the molecule is CCC(C)CNC(=O)NCC(C)(O)C(=O)O. The molecule has 0 aromatic rings. The van der Waals surface area contributed by atoms with Crippen LogP contribution >= 0.6 is 0 Å². The summed E-state index contributed by atoms with van der Waals surface area (Å²) >= 11 is 0. The molecule has 2 unspecified atom stereocenters. The Labute approximate surface area is 95.0 Å². The van der Waals surface area contributed by atoms with Crippen molar-refractivity contribution >= 4 is 12.0 Å². The Bertz CT molecular complexity index is 253. The molecule has 0 bridgehead atoms. The Kier molecular flexibility index (Phi) is 5.81. The molecule has 0 aromatic carbocycles. The highest BCUT2D eigenvalue weighted by atomic mass is 16.4. The van der Waals surface area contributed by atoms with Crippen LogP contribution in [0.4, 0.5) is 4.79 Å². The summed E-state index contributed by atoms with van der Waals surface area (Å²) in [4.78, 5) is 21.7. The van der Waals surface area contributed by atoms with Crippen LogP contribution in [-0.2, 0) is 4.79 Å². The standard InChI is InChI=1S/C10H20N2O4/c1-4-7(2)5-11-9(15)12-6-10(3,16)8(13)14/h7,16H,4-6H2,1-3H3,(H,13,14)(H2,11,12,15). The van der Waals surface area contributed by atoms with Crippen LogP contribution in [0.25, 0.3) is 0 Å². The zero-order valence-electron chi connectivity index (χ0n) is 9.91. The van der Waals surface area contributed by atoms with E-state index < -0.39 is 17.6 Å². The summed E-state index contributed by atoms with van der Waals surface area (Å²) in [6.45, 7) is 5.34. The molecule has 0 radical (unpaired) electrons. The van der Waals surface area contributed by atoms with E-state index in [1.807, 2.05) is 13.8 Å². The molecule has 0 rings (SSSR count). The first kappa shape index (κ1) is 14.7. The van der Waals surface area contributed by atoms with Crippen molar-refractivity contribution in [2.45, 2.75) is 32.8 Å². The number of hydrogen-bond donors (Lipinski definition) is 4. The van der Waals surface area contributed by atoms with E-state index in [0.29, 0.717) is 12.5 Å². The van der Waals surface area contributed by atoms with Gasteiger partial charge >= 0.3 is 12.0 Å². The number of urea groups is 1. The highest BCUT2D eigenvalue weighted by molar-refractivity contribution is 5.79. The Morgan fingerprint density at radius 1 is 1.38 bits per heavy atom. The van der Waals surface area contributed by atoms with Crippen LogP contribution in [0.1, 0.15) is 27.2 Å². The van der Waals surface area contributed by atoms with Gasteiger partial charge in [0.2, 0.25) is 0 Å². The van der Waals surface area contributed by atoms with Crippen LogP contribution < -0.4 is 10.6 Å². The lowest BCUT2D eigenvalue weighted by Gasteiger charge is -2.19. The molecular weight excluding hydrogens is 212 g/mol. The van der Waals surface area contributed by atoms with Crippen LogP contribution in [0.3, 0.4) is 0 Å². The average Bonchev–Trinajstić information content (AvgIpc) is 2.22. The van der Waals surface area contributed by atoms with Gasteiger partial charge < -0.3 is 20.8 Å². The summed E-state index contributed by atoms with van der Waals surface area (Å²) in [5.74, 6) is -1.000. The lowest BCUT2D eigenvalue weighted by atomic mass is 10.1. The molecule has 0 aliphatic rings. The third kappa shape index (κ3) is 5.55. The first-order valence-electron chi connectivity index (χ1n) is 5.27. The summed E-state index contributed by atoms with van der Waals surface area (Å²) < 4.78 is 0. The largest absolute Gasteiger partial charge is 0.479 e. The maximum Gasteiger partial charge on any atom is 0.337 e. The molecule has 16 heavy (non-hydrogen) atoms. The normalized spacial score (nSPS) is 16.0. The minimum atomic E-state index is -1.94. The topological polar surface area (TPSA) is 98.7 Å². The van der Waals surface area contributed by atoms with Gasteiger partial charge in [0.15, 0.2) is 5.60 Å². The summed E-state index contributed by atoms with van der Waals surface area (Å²) in [5.41, 5.74) is -1.94. The van der Waals surface area contributed by atoms with Crippen LogP contribution in [0.15, 0.2) is 0 Å². The minimum Gasteiger partial charge on any atom is -0.479 e. The monoisotopic (exact) mass is 232 g/mol. The first-order chi connectivity index (χ1) is 7.29. The highest BCUT2D eigenvalue weighted by Gasteiger charge is 2.30. The molecule has 0 aliphatic heterocycles. The van der Waals surface area contributed by atoms with Gasteiger partial charge in [0.25, 0.3) is 0 Å². The second kappa shape index (κ2) is 6.32. The van der Waals surface area contributed by atoms with Crippen molar-refractivity contribution < 1.29 is 19.8 Å². The predicted octanol–water partition coefficient (Wildman–Crippen LogP) is 0.167. The molecular formula is C10H20N2O4. The van der Waals surface area contributed by atoms with Gasteiger partial charge in [0, 0.05) is 6.54 Å². The molecule has 2 amide bonds. The average molecular weight is 232 g/mol. The Balaban J connectivity index is 3.86. The molecule has 0 aromatic heterocycles. The van der Waals surface area contributed by atoms with Crippen molar-refractivity contribution in [1.29, 1.82) is 0 Å². The van der Waals surface area contributed by atoms with E-state index in [1.54, 1.807) is 0 Å². The van der Waals surface area contributed by atoms with E-state index in [2.05, 4.69) is 10.6 Å². The van der Waals surface area contributed by atoms with Gasteiger partial charge in [-0.3, -0.25) is 0 Å². The van der Waals surface area contributed by atoms with Crippen molar-refractivity contribution in [2.75, 3.05) is 13.1 Å². The number of hydrogen-bond acceptors (Lipinski definition) is 3. The molecule has 0 saturated heterocycles. The second-order valence-corrected chi connectivity index (χ2v) is 4.16. The van der Waals surface area contributed by atoms with Crippen molar-refractivity contribution in [1.82, 2.24) is 10.6 Å². The molecule has 6 heteroatoms. The molecule has 2 atom stereocenters. The number of aliphatic hydroxyl groups is 1. The Morgan fingerprint density at radius 3 is 2.38 bits per heavy atom. The fraction of sp³-hybridized carbons (Fsp3) is 0.800. The number of aliphatic carboxylic acids is 1. The van der Waals surface area contributed by atoms with Gasteiger partial charge in [-0.25, -0.2) is 9.59 Å². The number of nitrogens with one attached hydrogen (secondary N) is 2. The minimum absolute atomic E-state index is 0.325. The van der Waals surface area contributed by atoms with E-state index in [-0.39, 0.29) is 6.54 Å². The van der Waals surface area contributed by atoms with Gasteiger partial charge in [-0.1, -0.05) is 20.3 Å². The number of carbonyl (C=O) groups is 2. The maximum absolute atomic E-state index is 11.2. The van der Waals surface area contributed by atoms with Crippen LogP contribution in [0.2, 0.25) is 0 Å². The molecule has 6 nitrogen and oxygen atoms in total. The Morgan fingerprint density at radius 2 is 1.94 bits per heavy atom. The third-order valence-electron chi connectivity index (χ3n) is 2.36. The van der Waals surface area contributed by atoms with E-state index in [0.717, 1.165) is 13.3 Å². The second-order valence-electron chi connectivity index (χ2n) is 4.16. The van der Waals surface area contributed by atoms with Gasteiger partial charge in [0.05, 0.1) is 6.54 Å². The third-order valence-corrected chi connectivity index (χ3v) is 2.36. The molecule has 0 spiro atoms. The van der Waals surface area contributed by atoms with Crippen LogP contribution in [-0.4, -0.2) is 40.9 Å². The number of carboxylic acid groups (broad SMARTS) is 1. The van der Waals surface area contributed by atoms with Crippen molar-refractivity contribution in [3.8, 4) is 0 Å². The van der Waals surface area contributed by atoms with Crippen molar-refractivity contribution in [3.63, 3.8) is 0 Å². The van der Waals surface area contributed by atoms with E-state index in [1.165, 1.54) is 0 Å². The number of rotatable bonds is 6.